The minimum absolute atomic E-state index is 0.0234. The van der Waals surface area contributed by atoms with E-state index in [1.807, 2.05) is 17.0 Å². The van der Waals surface area contributed by atoms with Crippen LogP contribution in [-0.2, 0) is 11.2 Å². The first kappa shape index (κ1) is 20.0. The number of anilines is 1. The van der Waals surface area contributed by atoms with Crippen molar-refractivity contribution in [2.75, 3.05) is 12.3 Å². The number of ether oxygens (including phenoxy) is 1. The van der Waals surface area contributed by atoms with Crippen LogP contribution in [0.25, 0.3) is 0 Å². The van der Waals surface area contributed by atoms with Crippen molar-refractivity contribution in [1.29, 1.82) is 0 Å². The predicted molar refractivity (Wildman–Crippen MR) is 110 cm³/mol. The first-order valence-electron chi connectivity index (χ1n) is 10.0. The average molecular weight is 418 g/mol. The number of aromatic nitrogens is 1. The quantitative estimate of drug-likeness (QED) is 0.793. The van der Waals surface area contributed by atoms with Crippen molar-refractivity contribution in [1.82, 2.24) is 9.88 Å². The number of benzene rings is 1. The molecule has 2 aliphatic heterocycles. The molecule has 0 radical (unpaired) electrons. The second-order valence-corrected chi connectivity index (χ2v) is 8.58. The molecule has 2 saturated heterocycles. The molecule has 7 heteroatoms. The molecule has 3 heterocycles. The van der Waals surface area contributed by atoms with E-state index in [0.717, 1.165) is 32.1 Å². The number of aryl methyl sites for hydroxylation is 1. The smallest absolute Gasteiger partial charge is 0.261 e. The number of pyridine rings is 1. The lowest BCUT2D eigenvalue weighted by atomic mass is 9.85. The highest BCUT2D eigenvalue weighted by molar-refractivity contribution is 6.30. The number of nitrogen functional groups attached to an aromatic ring is 1. The Hall–Kier alpha value is -2.34. The maximum Gasteiger partial charge on any atom is 0.261 e. The number of rotatable bonds is 5. The number of hydrogen-bond donors (Lipinski definition) is 1. The van der Waals surface area contributed by atoms with Gasteiger partial charge in [-0.05, 0) is 68.2 Å². The van der Waals surface area contributed by atoms with Crippen molar-refractivity contribution < 1.29 is 13.9 Å². The molecule has 2 aromatic rings. The molecule has 1 aromatic heterocycles. The van der Waals surface area contributed by atoms with Crippen LogP contribution in [-0.4, -0.2) is 34.5 Å². The summed E-state index contributed by atoms with van der Waals surface area (Å²) in [5, 5.41) is 0.428. The van der Waals surface area contributed by atoms with Crippen molar-refractivity contribution >= 4 is 23.2 Å². The Bertz CT molecular complexity index is 909. The van der Waals surface area contributed by atoms with Gasteiger partial charge in [-0.25, -0.2) is 9.37 Å². The molecule has 5 nitrogen and oxygen atoms in total. The van der Waals surface area contributed by atoms with Crippen LogP contribution >= 0.6 is 11.6 Å². The number of amides is 1. The SMILES string of the molecule is Cc1cc(CC2CC3CCC(C2)N3C(=O)COc2ncc(Cl)cc2N)ccc1F. The van der Waals surface area contributed by atoms with Gasteiger partial charge in [-0.15, -0.1) is 0 Å². The molecule has 2 N–H and O–H groups in total. The highest BCUT2D eigenvalue weighted by Crippen LogP contribution is 2.40. The van der Waals surface area contributed by atoms with Crippen molar-refractivity contribution in [3.05, 3.63) is 52.4 Å². The van der Waals surface area contributed by atoms with E-state index in [0.29, 0.717) is 22.2 Å². The Kier molecular flexibility index (Phi) is 5.63. The number of carbonyl (C=O) groups excluding carboxylic acids is 1. The normalized spacial score (nSPS) is 23.3. The summed E-state index contributed by atoms with van der Waals surface area (Å²) < 4.78 is 19.1. The van der Waals surface area contributed by atoms with Gasteiger partial charge < -0.3 is 15.4 Å². The second kappa shape index (κ2) is 8.19. The lowest BCUT2D eigenvalue weighted by molar-refractivity contribution is -0.138. The molecule has 4 rings (SSSR count). The highest BCUT2D eigenvalue weighted by atomic mass is 35.5. The van der Waals surface area contributed by atoms with E-state index in [4.69, 9.17) is 22.1 Å². The van der Waals surface area contributed by atoms with E-state index in [9.17, 15) is 9.18 Å². The van der Waals surface area contributed by atoms with Crippen LogP contribution in [0.5, 0.6) is 5.88 Å². The number of carbonyl (C=O) groups is 1. The minimum atomic E-state index is -0.162. The van der Waals surface area contributed by atoms with Gasteiger partial charge in [0.1, 0.15) is 5.82 Å². The summed E-state index contributed by atoms with van der Waals surface area (Å²) >= 11 is 5.84. The number of hydrogen-bond acceptors (Lipinski definition) is 4. The maximum absolute atomic E-state index is 13.5. The summed E-state index contributed by atoms with van der Waals surface area (Å²) in [6.07, 6.45) is 6.37. The molecular formula is C22H25ClFN3O2. The summed E-state index contributed by atoms with van der Waals surface area (Å²) in [4.78, 5) is 18.9. The third-order valence-corrected chi connectivity index (χ3v) is 6.25. The summed E-state index contributed by atoms with van der Waals surface area (Å²) in [5.41, 5.74) is 8.02. The Morgan fingerprint density at radius 2 is 2.03 bits per heavy atom. The molecular weight excluding hydrogens is 393 g/mol. The van der Waals surface area contributed by atoms with E-state index in [2.05, 4.69) is 4.98 Å². The summed E-state index contributed by atoms with van der Waals surface area (Å²) in [6.45, 7) is 1.72. The maximum atomic E-state index is 13.5. The van der Waals surface area contributed by atoms with Gasteiger partial charge in [0.25, 0.3) is 5.91 Å². The molecule has 2 unspecified atom stereocenters. The zero-order chi connectivity index (χ0) is 20.5. The van der Waals surface area contributed by atoms with Crippen LogP contribution in [0.15, 0.2) is 30.5 Å². The molecule has 29 heavy (non-hydrogen) atoms. The van der Waals surface area contributed by atoms with Crippen molar-refractivity contribution in [2.45, 2.75) is 51.1 Å². The monoisotopic (exact) mass is 417 g/mol. The van der Waals surface area contributed by atoms with Crippen LogP contribution in [0.3, 0.4) is 0 Å². The van der Waals surface area contributed by atoms with E-state index in [-0.39, 0.29) is 36.3 Å². The van der Waals surface area contributed by atoms with Crippen LogP contribution in [0.4, 0.5) is 10.1 Å². The molecule has 0 aliphatic carbocycles. The Morgan fingerprint density at radius 1 is 1.31 bits per heavy atom. The molecule has 154 valence electrons. The molecule has 2 bridgehead atoms. The lowest BCUT2D eigenvalue weighted by Crippen LogP contribution is -2.48. The van der Waals surface area contributed by atoms with E-state index in [1.54, 1.807) is 19.1 Å². The van der Waals surface area contributed by atoms with E-state index < -0.39 is 0 Å². The first-order chi connectivity index (χ1) is 13.9. The molecule has 2 aliphatic rings. The number of fused-ring (bicyclic) bond motifs is 2. The van der Waals surface area contributed by atoms with Crippen LogP contribution in [0, 0.1) is 18.7 Å². The van der Waals surface area contributed by atoms with Crippen LogP contribution in [0.1, 0.15) is 36.8 Å². The van der Waals surface area contributed by atoms with Gasteiger partial charge in [0.2, 0.25) is 5.88 Å². The van der Waals surface area contributed by atoms with Gasteiger partial charge >= 0.3 is 0 Å². The zero-order valence-electron chi connectivity index (χ0n) is 16.4. The van der Waals surface area contributed by atoms with Crippen LogP contribution < -0.4 is 10.5 Å². The van der Waals surface area contributed by atoms with Crippen molar-refractivity contribution in [3.8, 4) is 5.88 Å². The minimum Gasteiger partial charge on any atom is -0.466 e. The van der Waals surface area contributed by atoms with Gasteiger partial charge in [-0.2, -0.15) is 0 Å². The molecule has 0 spiro atoms. The average Bonchev–Trinajstić information content (AvgIpc) is 2.95. The van der Waals surface area contributed by atoms with Crippen molar-refractivity contribution in [3.63, 3.8) is 0 Å². The number of nitrogens with zero attached hydrogens (tertiary/aromatic N) is 2. The number of nitrogens with two attached hydrogens (primary N) is 1. The fourth-order valence-corrected chi connectivity index (χ4v) is 4.96. The van der Waals surface area contributed by atoms with E-state index in [1.165, 1.54) is 11.8 Å². The van der Waals surface area contributed by atoms with Gasteiger partial charge in [0.15, 0.2) is 6.61 Å². The van der Waals surface area contributed by atoms with E-state index >= 15 is 0 Å². The fraction of sp³-hybridized carbons (Fsp3) is 0.455. The number of halogens is 2. The first-order valence-corrected chi connectivity index (χ1v) is 10.4. The highest BCUT2D eigenvalue weighted by Gasteiger charge is 2.43. The zero-order valence-corrected chi connectivity index (χ0v) is 17.2. The number of piperidine rings is 1. The van der Waals surface area contributed by atoms with Gasteiger partial charge in [-0.3, -0.25) is 4.79 Å². The third-order valence-electron chi connectivity index (χ3n) is 6.04. The Balaban J connectivity index is 1.36. The summed E-state index contributed by atoms with van der Waals surface area (Å²) in [5.74, 6) is 0.558. The Morgan fingerprint density at radius 3 is 2.69 bits per heavy atom. The largest absolute Gasteiger partial charge is 0.466 e. The van der Waals surface area contributed by atoms with Gasteiger partial charge in [-0.1, -0.05) is 23.7 Å². The van der Waals surface area contributed by atoms with Crippen molar-refractivity contribution in [2.24, 2.45) is 5.92 Å². The van der Waals surface area contributed by atoms with Crippen LogP contribution in [0.2, 0.25) is 5.02 Å². The Labute approximate surface area is 175 Å². The standard InChI is InChI=1S/C22H25ClFN3O2/c1-13-6-14(2-5-19(13)24)7-15-8-17-3-4-18(9-15)27(17)21(28)12-29-22-20(25)10-16(23)11-26-22/h2,5-6,10-11,15,17-18H,3-4,7-9,12,25H2,1H3. The van der Waals surface area contributed by atoms with Gasteiger partial charge in [0, 0.05) is 18.3 Å². The van der Waals surface area contributed by atoms with Gasteiger partial charge in [0.05, 0.1) is 10.7 Å². The topological polar surface area (TPSA) is 68.5 Å². The fourth-order valence-electron chi connectivity index (χ4n) is 4.80. The molecule has 2 fully saturated rings. The second-order valence-electron chi connectivity index (χ2n) is 8.15. The molecule has 1 aromatic carbocycles. The molecule has 1 amide bonds. The molecule has 0 saturated carbocycles. The molecule has 2 atom stereocenters. The summed E-state index contributed by atoms with van der Waals surface area (Å²) in [7, 11) is 0. The lowest BCUT2D eigenvalue weighted by Gasteiger charge is -2.39. The predicted octanol–water partition coefficient (Wildman–Crippen LogP) is 4.16. The third kappa shape index (κ3) is 4.32. The summed E-state index contributed by atoms with van der Waals surface area (Å²) in [6, 6.07) is 7.40.